The number of carbonyl (C=O) groups is 3. The van der Waals surface area contributed by atoms with E-state index in [9.17, 15) is 22.8 Å². The summed E-state index contributed by atoms with van der Waals surface area (Å²) in [7, 11) is -3.83. The number of halogens is 1. The fraction of sp³-hybridized carbons (Fsp3) is 0.0333. The van der Waals surface area contributed by atoms with Crippen LogP contribution < -0.4 is 21.1 Å². The SMILES string of the molecule is NS(=O)(=O)c1ccc(NC(=O)CSc2cccc(NC(=O)/C(=C\c3ccccc3Cl)NC(=O)c3ccccc3)c2)cc1. The number of sulfonamides is 1. The minimum absolute atomic E-state index is 0.0113. The fourth-order valence-corrected chi connectivity index (χ4v) is 5.09. The summed E-state index contributed by atoms with van der Waals surface area (Å²) in [5, 5.41) is 13.6. The second-order valence-corrected chi connectivity index (χ2v) is 11.8. The van der Waals surface area contributed by atoms with Gasteiger partial charge in [0.15, 0.2) is 0 Å². The van der Waals surface area contributed by atoms with Gasteiger partial charge in [-0.05, 0) is 72.3 Å². The summed E-state index contributed by atoms with van der Waals surface area (Å²) in [5.41, 5.74) is 1.79. The zero-order valence-electron chi connectivity index (χ0n) is 21.9. The first-order chi connectivity index (χ1) is 20.1. The average molecular weight is 621 g/mol. The number of rotatable bonds is 10. The van der Waals surface area contributed by atoms with Gasteiger partial charge in [-0.2, -0.15) is 0 Å². The Morgan fingerprint density at radius 1 is 0.810 bits per heavy atom. The van der Waals surface area contributed by atoms with Crippen molar-refractivity contribution in [1.29, 1.82) is 0 Å². The van der Waals surface area contributed by atoms with Crippen molar-refractivity contribution in [3.63, 3.8) is 0 Å². The molecule has 4 aromatic rings. The van der Waals surface area contributed by atoms with Gasteiger partial charge in [0, 0.05) is 26.9 Å². The van der Waals surface area contributed by atoms with Gasteiger partial charge >= 0.3 is 0 Å². The molecule has 0 saturated carbocycles. The van der Waals surface area contributed by atoms with E-state index in [1.54, 1.807) is 78.9 Å². The predicted octanol–water partition coefficient (Wildman–Crippen LogP) is 5.13. The van der Waals surface area contributed by atoms with Crippen LogP contribution in [-0.2, 0) is 19.6 Å². The van der Waals surface area contributed by atoms with Crippen LogP contribution >= 0.6 is 23.4 Å². The van der Waals surface area contributed by atoms with Crippen LogP contribution in [0, 0.1) is 0 Å². The number of thioether (sulfide) groups is 1. The number of benzene rings is 4. The molecule has 12 heteroatoms. The smallest absolute Gasteiger partial charge is 0.272 e. The molecule has 0 saturated heterocycles. The molecule has 0 aliphatic rings. The standard InChI is InChI=1S/C30H25ClN4O5S2/c31-26-12-5-4-9-21(26)17-27(35-29(37)20-7-2-1-3-8-20)30(38)34-23-10-6-11-24(18-23)41-19-28(36)33-22-13-15-25(16-14-22)42(32,39)40/h1-18H,19H2,(H,33,36)(H,34,38)(H,35,37)(H2,32,39,40)/b27-17+. The van der Waals surface area contributed by atoms with Crippen LogP contribution in [0.5, 0.6) is 0 Å². The van der Waals surface area contributed by atoms with Gasteiger partial charge < -0.3 is 16.0 Å². The van der Waals surface area contributed by atoms with E-state index >= 15 is 0 Å². The highest BCUT2D eigenvalue weighted by atomic mass is 35.5. The predicted molar refractivity (Wildman–Crippen MR) is 166 cm³/mol. The first-order valence-electron chi connectivity index (χ1n) is 12.4. The fourth-order valence-electron chi connectivity index (χ4n) is 3.63. The summed E-state index contributed by atoms with van der Waals surface area (Å²) in [6, 6.07) is 27.8. The van der Waals surface area contributed by atoms with E-state index in [0.717, 1.165) is 0 Å². The lowest BCUT2D eigenvalue weighted by atomic mass is 10.1. The summed E-state index contributed by atoms with van der Waals surface area (Å²) >= 11 is 7.53. The molecule has 3 amide bonds. The molecule has 0 spiro atoms. The van der Waals surface area contributed by atoms with Crippen molar-refractivity contribution in [2.75, 3.05) is 16.4 Å². The third-order valence-electron chi connectivity index (χ3n) is 5.66. The second kappa shape index (κ2) is 14.0. The Bertz CT molecular complexity index is 1750. The Morgan fingerprint density at radius 2 is 1.50 bits per heavy atom. The summed E-state index contributed by atoms with van der Waals surface area (Å²) < 4.78 is 22.8. The van der Waals surface area contributed by atoms with Crippen LogP contribution in [0.1, 0.15) is 15.9 Å². The van der Waals surface area contributed by atoms with Crippen LogP contribution in [0.3, 0.4) is 0 Å². The first-order valence-corrected chi connectivity index (χ1v) is 15.3. The minimum atomic E-state index is -3.83. The molecule has 0 aliphatic carbocycles. The quantitative estimate of drug-likeness (QED) is 0.143. The molecule has 0 aliphatic heterocycles. The summed E-state index contributed by atoms with van der Waals surface area (Å²) in [6.07, 6.45) is 1.50. The summed E-state index contributed by atoms with van der Waals surface area (Å²) in [5.74, 6) is -1.29. The van der Waals surface area contributed by atoms with Gasteiger partial charge in [-0.1, -0.05) is 54.1 Å². The molecule has 214 valence electrons. The van der Waals surface area contributed by atoms with E-state index in [2.05, 4.69) is 16.0 Å². The van der Waals surface area contributed by atoms with Gasteiger partial charge in [-0.25, -0.2) is 13.6 Å². The highest BCUT2D eigenvalue weighted by Gasteiger charge is 2.16. The van der Waals surface area contributed by atoms with Gasteiger partial charge in [0.2, 0.25) is 15.9 Å². The highest BCUT2D eigenvalue weighted by Crippen LogP contribution is 2.23. The molecule has 0 atom stereocenters. The Kier molecular flexibility index (Phi) is 10.2. The number of anilines is 2. The van der Waals surface area contributed by atoms with Crippen molar-refractivity contribution in [1.82, 2.24) is 5.32 Å². The Morgan fingerprint density at radius 3 is 2.19 bits per heavy atom. The van der Waals surface area contributed by atoms with Crippen LogP contribution in [0.25, 0.3) is 6.08 Å². The number of nitrogens with one attached hydrogen (secondary N) is 3. The lowest BCUT2D eigenvalue weighted by Crippen LogP contribution is -2.30. The van der Waals surface area contributed by atoms with Crippen LogP contribution in [0.2, 0.25) is 5.02 Å². The molecule has 9 nitrogen and oxygen atoms in total. The van der Waals surface area contributed by atoms with Crippen molar-refractivity contribution in [2.45, 2.75) is 9.79 Å². The third-order valence-corrected chi connectivity index (χ3v) is 7.93. The molecule has 4 aromatic carbocycles. The number of primary sulfonamides is 1. The molecule has 0 aromatic heterocycles. The maximum Gasteiger partial charge on any atom is 0.272 e. The molecule has 42 heavy (non-hydrogen) atoms. The van der Waals surface area contributed by atoms with Crippen molar-refractivity contribution in [3.05, 3.63) is 125 Å². The number of carbonyl (C=O) groups excluding carboxylic acids is 3. The van der Waals surface area contributed by atoms with Gasteiger partial charge in [-0.3, -0.25) is 14.4 Å². The van der Waals surface area contributed by atoms with Gasteiger partial charge in [0.05, 0.1) is 10.6 Å². The van der Waals surface area contributed by atoms with Crippen molar-refractivity contribution < 1.29 is 22.8 Å². The van der Waals surface area contributed by atoms with Crippen LogP contribution in [0.15, 0.2) is 119 Å². The molecular formula is C30H25ClN4O5S2. The minimum Gasteiger partial charge on any atom is -0.325 e. The third kappa shape index (κ3) is 8.79. The largest absolute Gasteiger partial charge is 0.325 e. The maximum atomic E-state index is 13.3. The number of hydrogen-bond donors (Lipinski definition) is 4. The lowest BCUT2D eigenvalue weighted by molar-refractivity contribution is -0.114. The van der Waals surface area contributed by atoms with Crippen LogP contribution in [-0.4, -0.2) is 31.9 Å². The molecule has 0 heterocycles. The molecule has 4 rings (SSSR count). The van der Waals surface area contributed by atoms with Gasteiger partial charge in [0.1, 0.15) is 5.70 Å². The van der Waals surface area contributed by atoms with Crippen molar-refractivity contribution in [2.24, 2.45) is 5.14 Å². The molecule has 0 fully saturated rings. The Balaban J connectivity index is 1.43. The summed E-state index contributed by atoms with van der Waals surface area (Å²) in [4.78, 5) is 39.2. The van der Waals surface area contributed by atoms with Crippen molar-refractivity contribution >= 4 is 68.6 Å². The Hall–Kier alpha value is -4.42. The average Bonchev–Trinajstić information content (AvgIpc) is 2.97. The monoisotopic (exact) mass is 620 g/mol. The topological polar surface area (TPSA) is 147 Å². The number of hydrogen-bond acceptors (Lipinski definition) is 6. The normalized spacial score (nSPS) is 11.4. The molecule has 0 bridgehead atoms. The maximum absolute atomic E-state index is 13.3. The first kappa shape index (κ1) is 30.5. The molecule has 0 unspecified atom stereocenters. The van der Waals surface area contributed by atoms with E-state index in [1.165, 1.54) is 42.1 Å². The van der Waals surface area contributed by atoms with Crippen molar-refractivity contribution in [3.8, 4) is 0 Å². The summed E-state index contributed by atoms with van der Waals surface area (Å²) in [6.45, 7) is 0. The second-order valence-electron chi connectivity index (χ2n) is 8.79. The van der Waals surface area contributed by atoms with E-state index in [-0.39, 0.29) is 22.3 Å². The zero-order chi connectivity index (χ0) is 30.1. The number of amides is 3. The van der Waals surface area contributed by atoms with Gasteiger partial charge in [-0.15, -0.1) is 11.8 Å². The van der Waals surface area contributed by atoms with E-state index in [0.29, 0.717) is 32.4 Å². The molecule has 0 radical (unpaired) electrons. The zero-order valence-corrected chi connectivity index (χ0v) is 24.3. The molecule has 5 N–H and O–H groups in total. The van der Waals surface area contributed by atoms with Crippen LogP contribution in [0.4, 0.5) is 11.4 Å². The van der Waals surface area contributed by atoms with E-state index in [4.69, 9.17) is 16.7 Å². The van der Waals surface area contributed by atoms with E-state index < -0.39 is 21.8 Å². The van der Waals surface area contributed by atoms with E-state index in [1.807, 2.05) is 0 Å². The Labute approximate surface area is 252 Å². The lowest BCUT2D eigenvalue weighted by Gasteiger charge is -2.12. The highest BCUT2D eigenvalue weighted by molar-refractivity contribution is 8.00. The molecular weight excluding hydrogens is 596 g/mol. The number of nitrogens with two attached hydrogens (primary N) is 1. The van der Waals surface area contributed by atoms with Gasteiger partial charge in [0.25, 0.3) is 11.8 Å².